The van der Waals surface area contributed by atoms with Gasteiger partial charge < -0.3 is 4.00 Å². The summed E-state index contributed by atoms with van der Waals surface area (Å²) >= 11 is 0. The fraction of sp³-hybridized carbons (Fsp3) is 1.00. The van der Waals surface area contributed by atoms with Gasteiger partial charge in [0.25, 0.3) is 0 Å². The quantitative estimate of drug-likeness (QED) is 0.481. The second-order valence-corrected chi connectivity index (χ2v) is 16.4. The zero-order valence-corrected chi connectivity index (χ0v) is 11.2. The average Bonchev–Trinajstić information content (AvgIpc) is 1.59. The summed E-state index contributed by atoms with van der Waals surface area (Å²) in [5, 5.41) is 0. The highest BCUT2D eigenvalue weighted by atomic mass is 31.0. The van der Waals surface area contributed by atoms with Crippen LogP contribution in [-0.2, 0) is 0 Å². The normalized spacial score (nSPS) is 14.4. The topological polar surface area (TPSA) is 3.24 Å². The van der Waals surface area contributed by atoms with E-state index in [0.717, 1.165) is 0 Å². The predicted octanol–water partition coefficient (Wildman–Crippen LogP) is 2.75. The molecule has 0 aliphatic carbocycles. The van der Waals surface area contributed by atoms with Crippen LogP contribution in [0, 0.1) is 0 Å². The molecule has 1 nitrogen and oxygen atoms in total. The molecule has 0 spiro atoms. The largest absolute Gasteiger partial charge is 0.329 e. The summed E-state index contributed by atoms with van der Waals surface area (Å²) < 4.78 is 2.57. The van der Waals surface area contributed by atoms with Crippen LogP contribution >= 0.6 is 9.39 Å². The summed E-state index contributed by atoms with van der Waals surface area (Å²) in [6, 6.07) is 0. The summed E-state index contributed by atoms with van der Waals surface area (Å²) in [7, 11) is 0.830. The molecule has 0 aliphatic rings. The Morgan fingerprint density at radius 3 is 1.00 bits per heavy atom. The van der Waals surface area contributed by atoms with Gasteiger partial charge in [0.2, 0.25) is 0 Å². The van der Waals surface area contributed by atoms with E-state index in [2.05, 4.69) is 52.7 Å². The van der Waals surface area contributed by atoms with Gasteiger partial charge in [-0.05, 0) is 0 Å². The summed E-state index contributed by atoms with van der Waals surface area (Å²) in [6.45, 7) is 14.3. The third kappa shape index (κ3) is 3.28. The van der Waals surface area contributed by atoms with Crippen molar-refractivity contribution in [3.05, 3.63) is 0 Å². The van der Waals surface area contributed by atoms with Gasteiger partial charge in [-0.2, -0.15) is 0 Å². The number of hydrogen-bond acceptors (Lipinski definition) is 1. The van der Waals surface area contributed by atoms with Crippen molar-refractivity contribution in [1.29, 1.82) is 0 Å². The third-order valence-electron chi connectivity index (χ3n) is 1.45. The molecule has 0 heterocycles. The van der Waals surface area contributed by atoms with Gasteiger partial charge in [0.1, 0.15) is 16.5 Å². The van der Waals surface area contributed by atoms with Crippen molar-refractivity contribution in [2.75, 3.05) is 0 Å². The summed E-state index contributed by atoms with van der Waals surface area (Å²) in [4.78, 5) is 0. The van der Waals surface area contributed by atoms with E-state index >= 15 is 0 Å². The Bertz CT molecular complexity index is 99.9. The highest BCUT2D eigenvalue weighted by Gasteiger charge is 2.30. The first-order valence-corrected chi connectivity index (χ1v) is 11.1. The fourth-order valence-corrected chi connectivity index (χ4v) is 9.06. The molecule has 0 N–H and O–H groups in total. The highest BCUT2D eigenvalue weighted by Crippen LogP contribution is 2.23. The van der Waals surface area contributed by atoms with E-state index in [4.69, 9.17) is 0 Å². The van der Waals surface area contributed by atoms with E-state index in [1.165, 1.54) is 0 Å². The van der Waals surface area contributed by atoms with Crippen LogP contribution in [0.4, 0.5) is 0 Å². The van der Waals surface area contributed by atoms with E-state index in [1.54, 1.807) is 0 Å². The van der Waals surface area contributed by atoms with Crippen molar-refractivity contribution in [2.45, 2.75) is 39.3 Å². The standard InChI is InChI=1S/C6H20NPSi2/c1-9(2,3)7(8)10(4,5)6/h8H2,1-6H3. The molecule has 0 fully saturated rings. The maximum Gasteiger partial charge on any atom is 0.115 e. The Labute approximate surface area is 69.6 Å². The molecular weight excluding hydrogens is 173 g/mol. The molecule has 0 amide bonds. The summed E-state index contributed by atoms with van der Waals surface area (Å²) in [5.74, 6) is 0. The molecule has 0 saturated heterocycles. The SMILES string of the molecule is C[Si](C)(C)N(P)[Si](C)(C)C. The van der Waals surface area contributed by atoms with Gasteiger partial charge in [0.15, 0.2) is 0 Å². The first kappa shape index (κ1) is 10.8. The maximum atomic E-state index is 2.91. The van der Waals surface area contributed by atoms with Gasteiger partial charge >= 0.3 is 0 Å². The first-order chi connectivity index (χ1) is 4.15. The van der Waals surface area contributed by atoms with Crippen molar-refractivity contribution in [3.8, 4) is 0 Å². The third-order valence-corrected chi connectivity index (χ3v) is 13.0. The molecule has 62 valence electrons. The molecule has 10 heavy (non-hydrogen) atoms. The smallest absolute Gasteiger partial charge is 0.115 e. The van der Waals surface area contributed by atoms with Gasteiger partial charge in [-0.3, -0.25) is 0 Å². The average molecular weight is 193 g/mol. The minimum Gasteiger partial charge on any atom is -0.329 e. The number of hydrogen-bond donors (Lipinski definition) is 0. The van der Waals surface area contributed by atoms with Gasteiger partial charge in [-0.15, -0.1) is 0 Å². The molecule has 4 heteroatoms. The van der Waals surface area contributed by atoms with Crippen LogP contribution in [0.1, 0.15) is 0 Å². The van der Waals surface area contributed by atoms with Crippen LogP contribution in [-0.4, -0.2) is 20.5 Å². The molecule has 0 aromatic heterocycles. The van der Waals surface area contributed by atoms with Crippen molar-refractivity contribution in [2.24, 2.45) is 0 Å². The van der Waals surface area contributed by atoms with Crippen LogP contribution in [0.2, 0.25) is 39.3 Å². The van der Waals surface area contributed by atoms with Crippen LogP contribution < -0.4 is 0 Å². The van der Waals surface area contributed by atoms with Gasteiger partial charge in [0, 0.05) is 0 Å². The Morgan fingerprint density at radius 2 is 1.00 bits per heavy atom. The van der Waals surface area contributed by atoms with Gasteiger partial charge in [-0.25, -0.2) is 0 Å². The summed E-state index contributed by atoms with van der Waals surface area (Å²) in [5.41, 5.74) is 0. The molecule has 0 aromatic carbocycles. The van der Waals surface area contributed by atoms with E-state index in [9.17, 15) is 0 Å². The lowest BCUT2D eigenvalue weighted by Crippen LogP contribution is -2.52. The zero-order valence-electron chi connectivity index (χ0n) is 8.02. The molecule has 0 aliphatic heterocycles. The molecule has 0 bridgehead atoms. The van der Waals surface area contributed by atoms with E-state index < -0.39 is 16.5 Å². The second-order valence-electron chi connectivity index (χ2n) is 4.71. The number of rotatable bonds is 2. The van der Waals surface area contributed by atoms with Crippen molar-refractivity contribution >= 4 is 25.9 Å². The fourth-order valence-electron chi connectivity index (χ4n) is 1.01. The molecule has 0 aromatic rings. The molecular formula is C6H20NPSi2. The van der Waals surface area contributed by atoms with Crippen LogP contribution in [0.25, 0.3) is 0 Å². The molecule has 1 atom stereocenters. The lowest BCUT2D eigenvalue weighted by molar-refractivity contribution is 1.00. The maximum absolute atomic E-state index is 2.91. The highest BCUT2D eigenvalue weighted by molar-refractivity contribution is 7.25. The van der Waals surface area contributed by atoms with Gasteiger partial charge in [-0.1, -0.05) is 48.7 Å². The predicted molar refractivity (Wildman–Crippen MR) is 58.2 cm³/mol. The molecule has 0 rings (SSSR count). The zero-order chi connectivity index (χ0) is 8.58. The van der Waals surface area contributed by atoms with E-state index in [-0.39, 0.29) is 0 Å². The Kier molecular flexibility index (Phi) is 3.31. The van der Waals surface area contributed by atoms with Crippen LogP contribution in [0.15, 0.2) is 0 Å². The minimum atomic E-state index is -1.04. The molecule has 0 radical (unpaired) electrons. The Morgan fingerprint density at radius 1 is 0.800 bits per heavy atom. The lowest BCUT2D eigenvalue weighted by atomic mass is 11.8. The van der Waals surface area contributed by atoms with Crippen molar-refractivity contribution in [3.63, 3.8) is 0 Å². The van der Waals surface area contributed by atoms with Crippen LogP contribution in [0.3, 0.4) is 0 Å². The van der Waals surface area contributed by atoms with Gasteiger partial charge in [0.05, 0.1) is 0 Å². The lowest BCUT2D eigenvalue weighted by Gasteiger charge is -2.39. The van der Waals surface area contributed by atoms with Crippen LogP contribution in [0.5, 0.6) is 0 Å². The minimum absolute atomic E-state index is 1.04. The summed E-state index contributed by atoms with van der Waals surface area (Å²) in [6.07, 6.45) is 0. The molecule has 1 unspecified atom stereocenters. The number of nitrogens with zero attached hydrogens (tertiary/aromatic N) is 1. The molecule has 0 saturated carbocycles. The van der Waals surface area contributed by atoms with Crippen molar-refractivity contribution < 1.29 is 0 Å². The Hall–Kier alpha value is 0.824. The van der Waals surface area contributed by atoms with E-state index in [1.807, 2.05) is 0 Å². The van der Waals surface area contributed by atoms with Crippen molar-refractivity contribution in [1.82, 2.24) is 4.00 Å². The second kappa shape index (κ2) is 3.05. The first-order valence-electron chi connectivity index (χ1n) is 3.71. The van der Waals surface area contributed by atoms with E-state index in [0.29, 0.717) is 0 Å². The Balaban J connectivity index is 4.23. The monoisotopic (exact) mass is 193 g/mol.